The van der Waals surface area contributed by atoms with Gasteiger partial charge in [0.25, 0.3) is 11.8 Å². The van der Waals surface area contributed by atoms with Gasteiger partial charge in [0, 0.05) is 61.3 Å². The molecule has 76 heavy (non-hydrogen) atoms. The molecule has 1 unspecified atom stereocenters. The molecule has 2 saturated heterocycles. The summed E-state index contributed by atoms with van der Waals surface area (Å²) in [5.41, 5.74) is 2.51. The number of halogens is 4. The van der Waals surface area contributed by atoms with Crippen molar-refractivity contribution in [3.8, 4) is 0 Å². The number of nitrogens with zero attached hydrogens (tertiary/aromatic N) is 2. The van der Waals surface area contributed by atoms with Crippen molar-refractivity contribution in [2.24, 2.45) is 11.8 Å². The maximum absolute atomic E-state index is 14.2. The molecule has 4 aromatic rings. The number of aldehydes is 1. The Morgan fingerprint density at radius 1 is 0.658 bits per heavy atom. The number of Topliss-reactive ketones (excluding diaryl/α,β-unsaturated/α-hetero) is 1. The molecule has 2 aliphatic heterocycles. The lowest BCUT2D eigenvalue weighted by atomic mass is 9.96. The van der Waals surface area contributed by atoms with Gasteiger partial charge in [-0.25, -0.2) is 9.59 Å². The van der Waals surface area contributed by atoms with Crippen LogP contribution in [0.3, 0.4) is 0 Å². The number of methoxy groups -OCH3 is 2. The second kappa shape index (κ2) is 30.4. The zero-order valence-corrected chi connectivity index (χ0v) is 46.4. The molecular formula is C56H69F4N2O11PS2. The minimum atomic E-state index is -3.45. The number of amides is 2. The molecule has 2 fully saturated rings. The lowest BCUT2D eigenvalue weighted by molar-refractivity contribution is -0.148. The topological polar surface area (TPSA) is 171 Å². The SMILES string of the molecule is COC(=O)c1ccc(CCCN2C(=O)C(F)(F)C[C@@H]2/C=C/C(=O)[C@@H](C)CCCc2ccccc2)s1.COC(=O)c1ccc(CCCN2C(=O)C(F)(F)C[C@@H]2C=O)s1.COP(C)(=O)CC(=O)[C@@H](C)CCCc1ccccc1. The summed E-state index contributed by atoms with van der Waals surface area (Å²) < 4.78 is 80.9. The molecule has 2 aromatic carbocycles. The fourth-order valence-electron chi connectivity index (χ4n) is 8.45. The van der Waals surface area contributed by atoms with Gasteiger partial charge in [0.15, 0.2) is 5.78 Å². The fraction of sp³-hybridized carbons (Fsp3) is 0.482. The van der Waals surface area contributed by atoms with Crippen LogP contribution in [0.5, 0.6) is 0 Å². The van der Waals surface area contributed by atoms with Crippen LogP contribution in [-0.4, -0.2) is 123 Å². The summed E-state index contributed by atoms with van der Waals surface area (Å²) in [6, 6.07) is 25.3. The molecular weight excluding hydrogens is 1050 g/mol. The Morgan fingerprint density at radius 3 is 1.53 bits per heavy atom. The second-order valence-corrected chi connectivity index (χ2v) is 24.0. The normalized spacial score (nSPS) is 18.2. The number of rotatable bonds is 26. The van der Waals surface area contributed by atoms with Crippen LogP contribution in [0, 0.1) is 11.8 Å². The number of hydrogen-bond donors (Lipinski definition) is 0. The molecule has 6 rings (SSSR count). The molecule has 2 amide bonds. The number of hydrogen-bond acceptors (Lipinski definition) is 13. The van der Waals surface area contributed by atoms with E-state index < -0.39 is 67.9 Å². The van der Waals surface area contributed by atoms with Crippen molar-refractivity contribution >= 4 is 71.6 Å². The number of allylic oxidation sites excluding steroid dienone is 1. The Morgan fingerprint density at radius 2 is 1.09 bits per heavy atom. The minimum Gasteiger partial charge on any atom is -0.465 e. The largest absolute Gasteiger partial charge is 0.465 e. The van der Waals surface area contributed by atoms with E-state index in [0.29, 0.717) is 48.1 Å². The van der Waals surface area contributed by atoms with E-state index in [1.54, 1.807) is 24.3 Å². The maximum atomic E-state index is 14.2. The van der Waals surface area contributed by atoms with Gasteiger partial charge in [-0.05, 0) is 106 Å². The summed E-state index contributed by atoms with van der Waals surface area (Å²) in [7, 11) is 1.28. The maximum Gasteiger partial charge on any atom is 0.348 e. The molecule has 5 atom stereocenters. The summed E-state index contributed by atoms with van der Waals surface area (Å²) >= 11 is 2.55. The summed E-state index contributed by atoms with van der Waals surface area (Å²) in [4.78, 5) is 86.8. The number of carbonyl (C=O) groups is 7. The third-order valence-corrected chi connectivity index (χ3v) is 16.9. The average Bonchev–Trinajstić information content (AvgIpc) is 4.18. The molecule has 4 heterocycles. The first-order valence-electron chi connectivity index (χ1n) is 25.2. The van der Waals surface area contributed by atoms with Gasteiger partial charge in [-0.3, -0.25) is 23.7 Å². The Hall–Kier alpha value is -5.62. The highest BCUT2D eigenvalue weighted by atomic mass is 32.1. The highest BCUT2D eigenvalue weighted by Crippen LogP contribution is 2.42. The number of thiophene rings is 2. The first-order chi connectivity index (χ1) is 36.0. The standard InChI is InChI=1S/C27H31F2NO4S.C15H23O3P.C14H15F2NO4S/c1-19(8-6-11-20-9-4-3-5-10-20)23(31)15-13-21-18-27(28,29)26(33)30(21)17-7-12-22-14-16-24(35-22)25(32)34-2;1-13(15(16)12-19(3,17)18-2)8-7-11-14-9-5-4-6-10-14;1-21-12(19)11-5-4-10(22-11)3-2-6-17-9(8-18)7-14(15,16)13(17)20/h3-5,9-10,13-16,19,21H,6-8,11-12,17-18H2,1-2H3;4-6,9-10,13H,7-8,11-12H2,1-3H3;4-5,8-9H,2-3,6-7H2,1H3/b15-13+;;/t19-,21-;13-,19?;9-/m001/s1. The molecule has 0 radical (unpaired) electrons. The monoisotopic (exact) mass is 1120 g/mol. The highest BCUT2D eigenvalue weighted by molar-refractivity contribution is 7.59. The van der Waals surface area contributed by atoms with E-state index in [4.69, 9.17) is 9.26 Å². The number of esters is 2. The van der Waals surface area contributed by atoms with Crippen LogP contribution in [0.25, 0.3) is 0 Å². The number of likely N-dealkylation sites (tertiary alicyclic amines) is 2. The number of carbonyl (C=O) groups excluding carboxylic acids is 7. The van der Waals surface area contributed by atoms with Crippen molar-refractivity contribution in [3.63, 3.8) is 0 Å². The van der Waals surface area contributed by atoms with Gasteiger partial charge in [0.1, 0.15) is 21.8 Å². The number of aryl methyl sites for hydroxylation is 4. The highest BCUT2D eigenvalue weighted by Gasteiger charge is 2.53. The Labute approximate surface area is 450 Å². The Kier molecular flexibility index (Phi) is 25.1. The van der Waals surface area contributed by atoms with Gasteiger partial charge >= 0.3 is 23.8 Å². The smallest absolute Gasteiger partial charge is 0.348 e. The quantitative estimate of drug-likeness (QED) is 0.0193. The van der Waals surface area contributed by atoms with Crippen LogP contribution in [0.1, 0.15) is 105 Å². The summed E-state index contributed by atoms with van der Waals surface area (Å²) in [5.74, 6) is -10.5. The van der Waals surface area contributed by atoms with Crippen LogP contribution in [-0.2, 0) is 68.2 Å². The van der Waals surface area contributed by atoms with E-state index in [-0.39, 0.29) is 42.7 Å². The van der Waals surface area contributed by atoms with E-state index in [1.165, 1.54) is 78.8 Å². The van der Waals surface area contributed by atoms with Crippen molar-refractivity contribution in [2.45, 2.75) is 115 Å². The molecule has 20 heteroatoms. The number of ketones is 2. The molecule has 414 valence electrons. The predicted molar refractivity (Wildman–Crippen MR) is 286 cm³/mol. The average molecular weight is 1120 g/mol. The van der Waals surface area contributed by atoms with Crippen LogP contribution in [0.4, 0.5) is 17.6 Å². The number of alkyl halides is 4. The molecule has 0 bridgehead atoms. The van der Waals surface area contributed by atoms with E-state index in [2.05, 4.69) is 29.0 Å². The van der Waals surface area contributed by atoms with Crippen molar-refractivity contribution in [3.05, 3.63) is 128 Å². The summed E-state index contributed by atoms with van der Waals surface area (Å²) in [6.45, 7) is 5.50. The van der Waals surface area contributed by atoms with Gasteiger partial charge in [-0.15, -0.1) is 22.7 Å². The predicted octanol–water partition coefficient (Wildman–Crippen LogP) is 11.2. The molecule has 0 spiro atoms. The van der Waals surface area contributed by atoms with Crippen molar-refractivity contribution in [2.75, 3.05) is 47.2 Å². The van der Waals surface area contributed by atoms with Gasteiger partial charge in [-0.1, -0.05) is 80.6 Å². The minimum absolute atomic E-state index is 0.0424. The molecule has 0 aliphatic carbocycles. The van der Waals surface area contributed by atoms with Crippen LogP contribution in [0.2, 0.25) is 0 Å². The van der Waals surface area contributed by atoms with Crippen molar-refractivity contribution < 1.29 is 69.7 Å². The Balaban J connectivity index is 0.000000263. The van der Waals surface area contributed by atoms with E-state index in [0.717, 1.165) is 46.8 Å². The van der Waals surface area contributed by atoms with Gasteiger partial charge in [-0.2, -0.15) is 17.6 Å². The molecule has 0 N–H and O–H groups in total. The third kappa shape index (κ3) is 19.7. The van der Waals surface area contributed by atoms with Crippen molar-refractivity contribution in [1.82, 2.24) is 9.80 Å². The van der Waals surface area contributed by atoms with Crippen LogP contribution >= 0.6 is 30.0 Å². The van der Waals surface area contributed by atoms with Gasteiger partial charge in [0.2, 0.25) is 7.37 Å². The lowest BCUT2D eigenvalue weighted by Crippen LogP contribution is -2.37. The summed E-state index contributed by atoms with van der Waals surface area (Å²) in [6.07, 6.45) is 9.09. The van der Waals surface area contributed by atoms with E-state index in [1.807, 2.05) is 50.2 Å². The zero-order chi connectivity index (χ0) is 56.1. The first-order valence-corrected chi connectivity index (χ1v) is 29.1. The van der Waals surface area contributed by atoms with Gasteiger partial charge in [0.05, 0.1) is 32.5 Å². The molecule has 0 saturated carbocycles. The second-order valence-electron chi connectivity index (χ2n) is 18.9. The molecule has 13 nitrogen and oxygen atoms in total. The fourth-order valence-corrected chi connectivity index (χ4v) is 11.4. The lowest BCUT2D eigenvalue weighted by Gasteiger charge is -2.21. The van der Waals surface area contributed by atoms with E-state index >= 15 is 0 Å². The molecule has 2 aromatic heterocycles. The van der Waals surface area contributed by atoms with Crippen LogP contribution < -0.4 is 0 Å². The number of ether oxygens (including phenoxy) is 2. The summed E-state index contributed by atoms with van der Waals surface area (Å²) in [5, 5.41) is 0. The van der Waals surface area contributed by atoms with Gasteiger partial charge < -0.3 is 28.6 Å². The van der Waals surface area contributed by atoms with Crippen LogP contribution in [0.15, 0.2) is 97.1 Å². The number of benzene rings is 2. The first kappa shape index (κ1) is 62.9. The molecule has 2 aliphatic rings. The Bertz CT molecular complexity index is 2630. The van der Waals surface area contributed by atoms with E-state index in [9.17, 15) is 55.7 Å². The third-order valence-electron chi connectivity index (χ3n) is 13.0. The van der Waals surface area contributed by atoms with Crippen molar-refractivity contribution in [1.29, 1.82) is 0 Å². The zero-order valence-electron chi connectivity index (χ0n) is 43.9.